The van der Waals surface area contributed by atoms with Crippen LogP contribution in [0.1, 0.15) is 18.1 Å². The summed E-state index contributed by atoms with van der Waals surface area (Å²) in [5.74, 6) is -1.22. The number of hydrogen-bond donors (Lipinski definition) is 1. The zero-order valence-electron chi connectivity index (χ0n) is 10.5. The Morgan fingerprint density at radius 3 is 2.32 bits per heavy atom. The van der Waals surface area contributed by atoms with Crippen molar-refractivity contribution in [3.8, 4) is 0 Å². The van der Waals surface area contributed by atoms with Crippen molar-refractivity contribution in [2.24, 2.45) is 5.73 Å². The molecular formula is C15H14BrF2N. The van der Waals surface area contributed by atoms with Crippen LogP contribution in [0, 0.1) is 11.6 Å². The van der Waals surface area contributed by atoms with E-state index < -0.39 is 17.2 Å². The fourth-order valence-electron chi connectivity index (χ4n) is 2.06. The lowest BCUT2D eigenvalue weighted by Gasteiger charge is -2.25. The highest BCUT2D eigenvalue weighted by molar-refractivity contribution is 9.10. The first-order valence-corrected chi connectivity index (χ1v) is 6.66. The highest BCUT2D eigenvalue weighted by atomic mass is 79.9. The Morgan fingerprint density at radius 2 is 1.74 bits per heavy atom. The van der Waals surface area contributed by atoms with Gasteiger partial charge in [-0.05, 0) is 48.7 Å². The lowest BCUT2D eigenvalue weighted by molar-refractivity contribution is 0.478. The summed E-state index contributed by atoms with van der Waals surface area (Å²) in [6.45, 7) is 1.77. The number of rotatable bonds is 3. The van der Waals surface area contributed by atoms with Gasteiger partial charge in [0, 0.05) is 16.1 Å². The average Bonchev–Trinajstić information content (AvgIpc) is 2.26. The van der Waals surface area contributed by atoms with Gasteiger partial charge in [-0.1, -0.05) is 28.1 Å². The Bertz CT molecular complexity index is 576. The minimum atomic E-state index is -0.830. The van der Waals surface area contributed by atoms with Crippen molar-refractivity contribution in [1.82, 2.24) is 0 Å². The third-order valence-electron chi connectivity index (χ3n) is 2.98. The van der Waals surface area contributed by atoms with Crippen molar-refractivity contribution < 1.29 is 8.78 Å². The first-order valence-electron chi connectivity index (χ1n) is 5.87. The van der Waals surface area contributed by atoms with E-state index in [-0.39, 0.29) is 0 Å². The van der Waals surface area contributed by atoms with Crippen LogP contribution in [-0.4, -0.2) is 0 Å². The molecular weight excluding hydrogens is 312 g/mol. The molecule has 100 valence electrons. The topological polar surface area (TPSA) is 26.0 Å². The molecule has 0 saturated heterocycles. The van der Waals surface area contributed by atoms with E-state index in [1.54, 1.807) is 6.92 Å². The first kappa shape index (κ1) is 14.2. The predicted octanol–water partition coefficient (Wildman–Crippen LogP) is 4.14. The molecule has 0 bridgehead atoms. The van der Waals surface area contributed by atoms with Crippen LogP contribution in [0.5, 0.6) is 0 Å². The van der Waals surface area contributed by atoms with Crippen molar-refractivity contribution in [3.05, 3.63) is 69.7 Å². The van der Waals surface area contributed by atoms with Gasteiger partial charge in [0.05, 0.1) is 0 Å². The lowest BCUT2D eigenvalue weighted by Crippen LogP contribution is -2.35. The van der Waals surface area contributed by atoms with E-state index in [0.717, 1.165) is 16.1 Å². The summed E-state index contributed by atoms with van der Waals surface area (Å²) in [6.07, 6.45) is 0.495. The van der Waals surface area contributed by atoms with Gasteiger partial charge in [0.1, 0.15) is 11.6 Å². The van der Waals surface area contributed by atoms with Crippen LogP contribution < -0.4 is 5.73 Å². The van der Waals surface area contributed by atoms with Gasteiger partial charge in [0.2, 0.25) is 0 Å². The van der Waals surface area contributed by atoms with Crippen LogP contribution in [0.3, 0.4) is 0 Å². The van der Waals surface area contributed by atoms with Crippen LogP contribution in [-0.2, 0) is 12.0 Å². The second-order valence-electron chi connectivity index (χ2n) is 4.88. The maximum absolute atomic E-state index is 13.3. The summed E-state index contributed by atoms with van der Waals surface area (Å²) in [4.78, 5) is 0. The summed E-state index contributed by atoms with van der Waals surface area (Å²) in [5.41, 5.74) is 6.83. The summed E-state index contributed by atoms with van der Waals surface area (Å²) in [5, 5.41) is 0. The highest BCUT2D eigenvalue weighted by Crippen LogP contribution is 2.25. The van der Waals surface area contributed by atoms with Crippen LogP contribution >= 0.6 is 15.9 Å². The zero-order chi connectivity index (χ0) is 14.0. The van der Waals surface area contributed by atoms with Gasteiger partial charge in [0.25, 0.3) is 0 Å². The second kappa shape index (κ2) is 5.39. The average molecular weight is 326 g/mol. The van der Waals surface area contributed by atoms with Crippen molar-refractivity contribution in [2.75, 3.05) is 0 Å². The van der Waals surface area contributed by atoms with Gasteiger partial charge in [-0.15, -0.1) is 0 Å². The molecule has 0 aliphatic rings. The van der Waals surface area contributed by atoms with Crippen LogP contribution in [0.4, 0.5) is 8.78 Å². The first-order chi connectivity index (χ1) is 8.87. The Labute approximate surface area is 119 Å². The Balaban J connectivity index is 2.31. The second-order valence-corrected chi connectivity index (χ2v) is 5.80. The van der Waals surface area contributed by atoms with E-state index >= 15 is 0 Å². The van der Waals surface area contributed by atoms with Crippen molar-refractivity contribution in [3.63, 3.8) is 0 Å². The standard InChI is InChI=1S/C15H14BrF2N/c1-15(19,9-10-3-2-4-12(16)5-10)11-6-13(17)8-14(18)7-11/h2-8H,9,19H2,1H3. The largest absolute Gasteiger partial charge is 0.321 e. The van der Waals surface area contributed by atoms with E-state index in [1.807, 2.05) is 24.3 Å². The molecule has 1 unspecified atom stereocenters. The third kappa shape index (κ3) is 3.61. The third-order valence-corrected chi connectivity index (χ3v) is 3.48. The Hall–Kier alpha value is -1.26. The van der Waals surface area contributed by atoms with E-state index in [9.17, 15) is 8.78 Å². The minimum Gasteiger partial charge on any atom is -0.321 e. The summed E-state index contributed by atoms with van der Waals surface area (Å²) in [6, 6.07) is 11.1. The molecule has 4 heteroatoms. The van der Waals surface area contributed by atoms with Crippen molar-refractivity contribution >= 4 is 15.9 Å². The predicted molar refractivity (Wildman–Crippen MR) is 75.7 cm³/mol. The van der Waals surface area contributed by atoms with Crippen molar-refractivity contribution in [2.45, 2.75) is 18.9 Å². The molecule has 0 amide bonds. The van der Waals surface area contributed by atoms with E-state index in [1.165, 1.54) is 12.1 Å². The Kier molecular flexibility index (Phi) is 4.02. The van der Waals surface area contributed by atoms with E-state index in [0.29, 0.717) is 12.0 Å². The molecule has 2 N–H and O–H groups in total. The Morgan fingerprint density at radius 1 is 1.11 bits per heavy atom. The van der Waals surface area contributed by atoms with Crippen molar-refractivity contribution in [1.29, 1.82) is 0 Å². The number of benzene rings is 2. The van der Waals surface area contributed by atoms with E-state index in [2.05, 4.69) is 15.9 Å². The van der Waals surface area contributed by atoms with Crippen LogP contribution in [0.15, 0.2) is 46.9 Å². The van der Waals surface area contributed by atoms with E-state index in [4.69, 9.17) is 5.73 Å². The van der Waals surface area contributed by atoms with Crippen LogP contribution in [0.25, 0.3) is 0 Å². The molecule has 0 aromatic heterocycles. The van der Waals surface area contributed by atoms with Crippen LogP contribution in [0.2, 0.25) is 0 Å². The minimum absolute atomic E-state index is 0.449. The maximum atomic E-state index is 13.3. The van der Waals surface area contributed by atoms with Gasteiger partial charge < -0.3 is 5.73 Å². The molecule has 0 aliphatic carbocycles. The smallest absolute Gasteiger partial charge is 0.126 e. The van der Waals surface area contributed by atoms with Gasteiger partial charge >= 0.3 is 0 Å². The maximum Gasteiger partial charge on any atom is 0.126 e. The molecule has 0 spiro atoms. The number of hydrogen-bond acceptors (Lipinski definition) is 1. The molecule has 1 nitrogen and oxygen atoms in total. The summed E-state index contributed by atoms with van der Waals surface area (Å²) < 4.78 is 27.5. The quantitative estimate of drug-likeness (QED) is 0.901. The molecule has 0 fully saturated rings. The fraction of sp³-hybridized carbons (Fsp3) is 0.200. The molecule has 2 aromatic rings. The van der Waals surface area contributed by atoms with Gasteiger partial charge in [-0.25, -0.2) is 8.78 Å². The molecule has 19 heavy (non-hydrogen) atoms. The normalized spacial score (nSPS) is 14.2. The summed E-state index contributed by atoms with van der Waals surface area (Å²) >= 11 is 3.39. The number of nitrogens with two attached hydrogens (primary N) is 1. The fourth-order valence-corrected chi connectivity index (χ4v) is 2.50. The van der Waals surface area contributed by atoms with Gasteiger partial charge in [0.15, 0.2) is 0 Å². The summed E-state index contributed by atoms with van der Waals surface area (Å²) in [7, 11) is 0. The lowest BCUT2D eigenvalue weighted by atomic mass is 9.86. The molecule has 2 aromatic carbocycles. The van der Waals surface area contributed by atoms with Gasteiger partial charge in [-0.2, -0.15) is 0 Å². The number of halogens is 3. The SMILES string of the molecule is CC(N)(Cc1cccc(Br)c1)c1cc(F)cc(F)c1. The zero-order valence-corrected chi connectivity index (χ0v) is 12.0. The molecule has 1 atom stereocenters. The molecule has 0 heterocycles. The van der Waals surface area contributed by atoms with Gasteiger partial charge in [-0.3, -0.25) is 0 Å². The highest BCUT2D eigenvalue weighted by Gasteiger charge is 2.23. The molecule has 0 aliphatic heterocycles. The monoisotopic (exact) mass is 325 g/mol. The molecule has 2 rings (SSSR count). The molecule has 0 saturated carbocycles. The molecule has 0 radical (unpaired) electrons.